The summed E-state index contributed by atoms with van der Waals surface area (Å²) in [5.41, 5.74) is 0.726. The van der Waals surface area contributed by atoms with Gasteiger partial charge in [-0.25, -0.2) is 0 Å². The Labute approximate surface area is 179 Å². The number of thioether (sulfide) groups is 1. The maximum Gasteiger partial charge on any atom is 0.294 e. The second-order valence-electron chi connectivity index (χ2n) is 6.57. The van der Waals surface area contributed by atoms with Crippen LogP contribution in [0.5, 0.6) is 11.5 Å². The van der Waals surface area contributed by atoms with Crippen LogP contribution in [0, 0.1) is 0 Å². The number of likely N-dealkylation sites (N-methyl/N-ethyl adjacent to an activating group) is 1. The van der Waals surface area contributed by atoms with Crippen molar-refractivity contribution in [1.82, 2.24) is 9.80 Å². The number of benzene rings is 2. The summed E-state index contributed by atoms with van der Waals surface area (Å²) in [5, 5.41) is 1.17. The average Bonchev–Trinajstić information content (AvgIpc) is 3.01. The molecule has 2 aromatic rings. The first kappa shape index (κ1) is 21.7. The molecule has 1 saturated heterocycles. The third-order valence-electron chi connectivity index (χ3n) is 5.00. The number of carbonyl (C=O) groups is 3. The van der Waals surface area contributed by atoms with Gasteiger partial charge >= 0.3 is 0 Å². The Morgan fingerprint density at radius 2 is 1.77 bits per heavy atom. The number of nitrogens with zero attached hydrogens (tertiary/aromatic N) is 2. The fourth-order valence-corrected chi connectivity index (χ4v) is 4.26. The summed E-state index contributed by atoms with van der Waals surface area (Å²) in [6.45, 7) is 4.52. The van der Waals surface area contributed by atoms with Crippen LogP contribution in [0.15, 0.2) is 35.2 Å². The molecule has 0 spiro atoms. The monoisotopic (exact) mass is 428 g/mol. The largest absolute Gasteiger partial charge is 0.496 e. The minimum Gasteiger partial charge on any atom is -0.496 e. The maximum atomic E-state index is 12.9. The molecule has 0 aliphatic carbocycles. The highest BCUT2D eigenvalue weighted by Crippen LogP contribution is 2.38. The van der Waals surface area contributed by atoms with Crippen molar-refractivity contribution in [1.29, 1.82) is 0 Å². The van der Waals surface area contributed by atoms with E-state index in [4.69, 9.17) is 9.47 Å². The van der Waals surface area contributed by atoms with Gasteiger partial charge in [-0.3, -0.25) is 19.3 Å². The maximum absolute atomic E-state index is 12.9. The minimum absolute atomic E-state index is 0.250. The summed E-state index contributed by atoms with van der Waals surface area (Å²) in [4.78, 5) is 40.5. The van der Waals surface area contributed by atoms with E-state index in [0.29, 0.717) is 24.6 Å². The number of methoxy groups -OCH3 is 2. The van der Waals surface area contributed by atoms with Crippen molar-refractivity contribution in [2.24, 2.45) is 0 Å². The van der Waals surface area contributed by atoms with Gasteiger partial charge in [0.15, 0.2) is 0 Å². The first-order chi connectivity index (χ1) is 14.4. The van der Waals surface area contributed by atoms with Crippen LogP contribution in [0.4, 0.5) is 4.79 Å². The SMILES string of the molecule is CCN(CC)C(=O)CN1C(=O)S/C(=C\c2ccc(OC)c3cccc(OC)c23)C1=O. The number of hydrogen-bond donors (Lipinski definition) is 0. The summed E-state index contributed by atoms with van der Waals surface area (Å²) in [6.07, 6.45) is 1.66. The van der Waals surface area contributed by atoms with Gasteiger partial charge in [0, 0.05) is 23.9 Å². The third-order valence-corrected chi connectivity index (χ3v) is 5.91. The lowest BCUT2D eigenvalue weighted by atomic mass is 10.0. The van der Waals surface area contributed by atoms with E-state index in [1.165, 1.54) is 0 Å². The van der Waals surface area contributed by atoms with Crippen molar-refractivity contribution >= 4 is 45.7 Å². The molecule has 1 fully saturated rings. The van der Waals surface area contributed by atoms with Crippen LogP contribution < -0.4 is 9.47 Å². The molecule has 8 heteroatoms. The van der Waals surface area contributed by atoms with Gasteiger partial charge in [0.25, 0.3) is 11.1 Å². The number of imide groups is 1. The quantitative estimate of drug-likeness (QED) is 0.625. The Kier molecular flexibility index (Phi) is 6.66. The molecule has 0 unspecified atom stereocenters. The van der Waals surface area contributed by atoms with Gasteiger partial charge in [0.2, 0.25) is 5.91 Å². The highest BCUT2D eigenvalue weighted by molar-refractivity contribution is 8.18. The van der Waals surface area contributed by atoms with Crippen LogP contribution in [0.25, 0.3) is 16.8 Å². The van der Waals surface area contributed by atoms with Gasteiger partial charge in [0.1, 0.15) is 18.0 Å². The Bertz CT molecular complexity index is 1030. The number of carbonyl (C=O) groups excluding carboxylic acids is 3. The second kappa shape index (κ2) is 9.21. The summed E-state index contributed by atoms with van der Waals surface area (Å²) in [6, 6.07) is 9.22. The first-order valence-electron chi connectivity index (χ1n) is 9.61. The van der Waals surface area contributed by atoms with Crippen molar-refractivity contribution in [3.8, 4) is 11.5 Å². The molecule has 0 bridgehead atoms. The van der Waals surface area contributed by atoms with Crippen LogP contribution in [-0.2, 0) is 9.59 Å². The van der Waals surface area contributed by atoms with Gasteiger partial charge in [-0.1, -0.05) is 18.2 Å². The Morgan fingerprint density at radius 3 is 2.40 bits per heavy atom. The topological polar surface area (TPSA) is 76.2 Å². The van der Waals surface area contributed by atoms with Crippen molar-refractivity contribution in [2.75, 3.05) is 33.9 Å². The zero-order valence-corrected chi connectivity index (χ0v) is 18.2. The summed E-state index contributed by atoms with van der Waals surface area (Å²) in [5.74, 6) is 0.594. The Hall–Kier alpha value is -3.00. The molecule has 3 amide bonds. The highest BCUT2D eigenvalue weighted by Gasteiger charge is 2.37. The second-order valence-corrected chi connectivity index (χ2v) is 7.57. The van der Waals surface area contributed by atoms with E-state index in [-0.39, 0.29) is 17.4 Å². The van der Waals surface area contributed by atoms with Crippen LogP contribution >= 0.6 is 11.8 Å². The summed E-state index contributed by atoms with van der Waals surface area (Å²) in [7, 11) is 3.16. The fraction of sp³-hybridized carbons (Fsp3) is 0.318. The van der Waals surface area contributed by atoms with E-state index in [2.05, 4.69) is 0 Å². The van der Waals surface area contributed by atoms with Gasteiger partial charge in [-0.2, -0.15) is 0 Å². The van der Waals surface area contributed by atoms with E-state index in [0.717, 1.165) is 33.0 Å². The molecule has 0 N–H and O–H groups in total. The molecule has 7 nitrogen and oxygen atoms in total. The van der Waals surface area contributed by atoms with E-state index in [9.17, 15) is 14.4 Å². The van der Waals surface area contributed by atoms with Crippen LogP contribution in [-0.4, -0.2) is 60.7 Å². The van der Waals surface area contributed by atoms with Crippen molar-refractivity contribution in [3.05, 3.63) is 40.8 Å². The van der Waals surface area contributed by atoms with Crippen LogP contribution in [0.3, 0.4) is 0 Å². The standard InChI is InChI=1S/C22H24N2O5S/c1-5-23(6-2)19(25)13-24-21(26)18(30-22(24)27)12-14-10-11-16(28-3)15-8-7-9-17(29-4)20(14)15/h7-12H,5-6,13H2,1-4H3/b18-12-. The molecule has 30 heavy (non-hydrogen) atoms. The molecular formula is C22H24N2O5S. The first-order valence-corrected chi connectivity index (χ1v) is 10.4. The van der Waals surface area contributed by atoms with Gasteiger partial charge in [0.05, 0.1) is 19.1 Å². The summed E-state index contributed by atoms with van der Waals surface area (Å²) < 4.78 is 10.9. The molecule has 0 radical (unpaired) electrons. The van der Waals surface area contributed by atoms with Gasteiger partial charge in [-0.15, -0.1) is 0 Å². The van der Waals surface area contributed by atoms with E-state index in [1.54, 1.807) is 25.2 Å². The molecule has 0 saturated carbocycles. The number of ether oxygens (including phenoxy) is 2. The minimum atomic E-state index is -0.468. The van der Waals surface area contributed by atoms with Crippen molar-refractivity contribution in [3.63, 3.8) is 0 Å². The number of hydrogen-bond acceptors (Lipinski definition) is 6. The Morgan fingerprint density at radius 1 is 1.07 bits per heavy atom. The fourth-order valence-electron chi connectivity index (χ4n) is 3.43. The molecule has 0 atom stereocenters. The van der Waals surface area contributed by atoms with Crippen LogP contribution in [0.2, 0.25) is 0 Å². The van der Waals surface area contributed by atoms with Crippen LogP contribution in [0.1, 0.15) is 19.4 Å². The molecule has 0 aromatic heterocycles. The molecular weight excluding hydrogens is 404 g/mol. The number of fused-ring (bicyclic) bond motifs is 1. The average molecular weight is 429 g/mol. The number of rotatable bonds is 7. The normalized spacial score (nSPS) is 15.2. The smallest absolute Gasteiger partial charge is 0.294 e. The predicted molar refractivity (Wildman–Crippen MR) is 118 cm³/mol. The zero-order valence-electron chi connectivity index (χ0n) is 17.4. The van der Waals surface area contributed by atoms with Gasteiger partial charge < -0.3 is 14.4 Å². The lowest BCUT2D eigenvalue weighted by Crippen LogP contribution is -2.41. The molecule has 2 aromatic carbocycles. The Balaban J connectivity index is 1.98. The van der Waals surface area contributed by atoms with Gasteiger partial charge in [-0.05, 0) is 49.4 Å². The van der Waals surface area contributed by atoms with E-state index in [1.807, 2.05) is 44.2 Å². The summed E-state index contributed by atoms with van der Waals surface area (Å²) >= 11 is 0.833. The molecule has 1 aliphatic heterocycles. The van der Waals surface area contributed by atoms with E-state index >= 15 is 0 Å². The molecule has 3 rings (SSSR count). The number of amides is 3. The lowest BCUT2D eigenvalue weighted by molar-refractivity contribution is -0.135. The lowest BCUT2D eigenvalue weighted by Gasteiger charge is -2.21. The molecule has 1 heterocycles. The molecule has 158 valence electrons. The highest BCUT2D eigenvalue weighted by atomic mass is 32.2. The molecule has 1 aliphatic rings. The van der Waals surface area contributed by atoms with Crippen molar-refractivity contribution < 1.29 is 23.9 Å². The van der Waals surface area contributed by atoms with E-state index < -0.39 is 11.1 Å². The predicted octanol–water partition coefficient (Wildman–Crippen LogP) is 3.76. The van der Waals surface area contributed by atoms with Crippen molar-refractivity contribution in [2.45, 2.75) is 13.8 Å². The third kappa shape index (κ3) is 4.00. The zero-order chi connectivity index (χ0) is 21.8.